The number of sulfonamides is 1. The monoisotopic (exact) mass is 396 g/mol. The quantitative estimate of drug-likeness (QED) is 0.606. The molecule has 144 valence electrons. The summed E-state index contributed by atoms with van der Waals surface area (Å²) in [6, 6.07) is 14.8. The van der Waals surface area contributed by atoms with E-state index >= 15 is 0 Å². The van der Waals surface area contributed by atoms with Crippen LogP contribution in [0.5, 0.6) is 0 Å². The first-order chi connectivity index (χ1) is 13.3. The number of carbonyl (C=O) groups is 1. The molecule has 28 heavy (non-hydrogen) atoms. The molecule has 2 N–H and O–H groups in total. The first kappa shape index (κ1) is 19.4. The van der Waals surface area contributed by atoms with Crippen molar-refractivity contribution in [1.82, 2.24) is 0 Å². The number of furan rings is 1. The lowest BCUT2D eigenvalue weighted by Crippen LogP contribution is -2.13. The summed E-state index contributed by atoms with van der Waals surface area (Å²) in [5.74, 6) is 0.217. The molecule has 0 spiro atoms. The van der Waals surface area contributed by atoms with Gasteiger partial charge in [0.2, 0.25) is 5.91 Å². The first-order valence-corrected chi connectivity index (χ1v) is 10.0. The average Bonchev–Trinajstić information content (AvgIpc) is 3.17. The first-order valence-electron chi connectivity index (χ1n) is 8.56. The Morgan fingerprint density at radius 1 is 0.964 bits per heavy atom. The number of hydrogen-bond acceptors (Lipinski definition) is 4. The molecule has 1 aromatic heterocycles. The zero-order valence-electron chi connectivity index (χ0n) is 15.5. The molecule has 0 fully saturated rings. The van der Waals surface area contributed by atoms with Crippen molar-refractivity contribution >= 4 is 33.4 Å². The fourth-order valence-corrected chi connectivity index (χ4v) is 3.51. The summed E-state index contributed by atoms with van der Waals surface area (Å²) in [7, 11) is -3.72. The van der Waals surface area contributed by atoms with Crippen molar-refractivity contribution in [3.63, 3.8) is 0 Å². The van der Waals surface area contributed by atoms with Gasteiger partial charge in [0.15, 0.2) is 0 Å². The standard InChI is InChI=1S/C21H20N2O4S/c1-15-5-6-18(14-16(15)2)23-28(25,26)20-10-7-17(8-11-20)22-21(24)12-9-19-4-3-13-27-19/h3-14,23H,1-2H3,(H,22,24). The summed E-state index contributed by atoms with van der Waals surface area (Å²) < 4.78 is 32.8. The van der Waals surface area contributed by atoms with Gasteiger partial charge in [0, 0.05) is 17.5 Å². The van der Waals surface area contributed by atoms with Crippen LogP contribution < -0.4 is 10.0 Å². The highest BCUT2D eigenvalue weighted by Crippen LogP contribution is 2.20. The van der Waals surface area contributed by atoms with Crippen molar-refractivity contribution in [2.24, 2.45) is 0 Å². The fourth-order valence-electron chi connectivity index (χ4n) is 2.46. The molecule has 1 heterocycles. The Hall–Kier alpha value is -3.32. The van der Waals surface area contributed by atoms with Crippen LogP contribution in [0.4, 0.5) is 11.4 Å². The van der Waals surface area contributed by atoms with Gasteiger partial charge >= 0.3 is 0 Å². The third kappa shape index (κ3) is 4.89. The molecule has 6 nitrogen and oxygen atoms in total. The predicted octanol–water partition coefficient (Wildman–Crippen LogP) is 4.35. The molecule has 0 aliphatic rings. The summed E-state index contributed by atoms with van der Waals surface area (Å²) in [5.41, 5.74) is 3.08. The lowest BCUT2D eigenvalue weighted by molar-refractivity contribution is -0.111. The number of hydrogen-bond donors (Lipinski definition) is 2. The molecule has 0 saturated carbocycles. The predicted molar refractivity (Wildman–Crippen MR) is 110 cm³/mol. The van der Waals surface area contributed by atoms with Crippen LogP contribution in [0.3, 0.4) is 0 Å². The Labute approximate surface area is 163 Å². The maximum atomic E-state index is 12.5. The Morgan fingerprint density at radius 2 is 1.68 bits per heavy atom. The van der Waals surface area contributed by atoms with E-state index in [1.807, 2.05) is 19.9 Å². The zero-order chi connectivity index (χ0) is 20.1. The van der Waals surface area contributed by atoms with Crippen LogP contribution in [0.15, 0.2) is 76.2 Å². The lowest BCUT2D eigenvalue weighted by Gasteiger charge is -2.10. The van der Waals surface area contributed by atoms with E-state index in [2.05, 4.69) is 10.0 Å². The molecule has 0 atom stereocenters. The minimum absolute atomic E-state index is 0.106. The van der Waals surface area contributed by atoms with Gasteiger partial charge in [-0.1, -0.05) is 6.07 Å². The van der Waals surface area contributed by atoms with Gasteiger partial charge in [-0.3, -0.25) is 9.52 Å². The molecule has 3 rings (SSSR count). The van der Waals surface area contributed by atoms with Gasteiger partial charge < -0.3 is 9.73 Å². The highest BCUT2D eigenvalue weighted by molar-refractivity contribution is 7.92. The average molecular weight is 396 g/mol. The number of carbonyl (C=O) groups excluding carboxylic acids is 1. The number of benzene rings is 2. The summed E-state index contributed by atoms with van der Waals surface area (Å²) in [5, 5.41) is 2.66. The van der Waals surface area contributed by atoms with E-state index in [-0.39, 0.29) is 10.8 Å². The maximum absolute atomic E-state index is 12.5. The van der Waals surface area contributed by atoms with Gasteiger partial charge in [-0.25, -0.2) is 8.42 Å². The van der Waals surface area contributed by atoms with Crippen LogP contribution in [0.1, 0.15) is 16.9 Å². The second kappa shape index (κ2) is 8.14. The van der Waals surface area contributed by atoms with Gasteiger partial charge in [-0.2, -0.15) is 0 Å². The molecule has 0 unspecified atom stereocenters. The molecule has 0 aliphatic carbocycles. The van der Waals surface area contributed by atoms with Gasteiger partial charge in [-0.15, -0.1) is 0 Å². The number of aryl methyl sites for hydroxylation is 2. The number of rotatable bonds is 6. The molecular weight excluding hydrogens is 376 g/mol. The SMILES string of the molecule is Cc1ccc(NS(=O)(=O)c2ccc(NC(=O)C=Cc3ccco3)cc2)cc1C. The van der Waals surface area contributed by atoms with Crippen LogP contribution in [-0.2, 0) is 14.8 Å². The number of nitrogens with one attached hydrogen (secondary N) is 2. The van der Waals surface area contributed by atoms with Crippen LogP contribution in [0.25, 0.3) is 6.08 Å². The van der Waals surface area contributed by atoms with Crippen LogP contribution >= 0.6 is 0 Å². The highest BCUT2D eigenvalue weighted by Gasteiger charge is 2.14. The number of amides is 1. The Kier molecular flexibility index (Phi) is 5.65. The topological polar surface area (TPSA) is 88.4 Å². The number of anilines is 2. The van der Waals surface area contributed by atoms with Crippen molar-refractivity contribution < 1.29 is 17.6 Å². The van der Waals surface area contributed by atoms with Crippen LogP contribution in [0, 0.1) is 13.8 Å². The van der Waals surface area contributed by atoms with Crippen LogP contribution in [0.2, 0.25) is 0 Å². The van der Waals surface area contributed by atoms with Gasteiger partial charge in [0.1, 0.15) is 5.76 Å². The Bertz CT molecular complexity index is 1100. The summed E-state index contributed by atoms with van der Waals surface area (Å²) in [6.07, 6.45) is 4.40. The van der Waals surface area contributed by atoms with E-state index in [0.717, 1.165) is 11.1 Å². The molecule has 2 aromatic carbocycles. The highest BCUT2D eigenvalue weighted by atomic mass is 32.2. The van der Waals surface area contributed by atoms with E-state index < -0.39 is 10.0 Å². The second-order valence-corrected chi connectivity index (χ2v) is 7.95. The molecule has 0 aliphatic heterocycles. The normalized spacial score (nSPS) is 11.5. The summed E-state index contributed by atoms with van der Waals surface area (Å²) in [6.45, 7) is 3.88. The smallest absolute Gasteiger partial charge is 0.261 e. The van der Waals surface area contributed by atoms with Gasteiger partial charge in [0.25, 0.3) is 10.0 Å². The Balaban J connectivity index is 1.67. The maximum Gasteiger partial charge on any atom is 0.261 e. The van der Waals surface area contributed by atoms with E-state index in [9.17, 15) is 13.2 Å². The van der Waals surface area contributed by atoms with E-state index in [1.165, 1.54) is 36.6 Å². The largest absolute Gasteiger partial charge is 0.465 e. The third-order valence-corrected chi connectivity index (χ3v) is 5.53. The van der Waals surface area contributed by atoms with Crippen molar-refractivity contribution in [1.29, 1.82) is 0 Å². The van der Waals surface area contributed by atoms with E-state index in [1.54, 1.807) is 30.3 Å². The molecule has 1 amide bonds. The molecule has 3 aromatic rings. The minimum atomic E-state index is -3.72. The fraction of sp³-hybridized carbons (Fsp3) is 0.0952. The van der Waals surface area contributed by atoms with Crippen molar-refractivity contribution in [3.05, 3.63) is 83.8 Å². The van der Waals surface area contributed by atoms with E-state index in [0.29, 0.717) is 17.1 Å². The van der Waals surface area contributed by atoms with Crippen molar-refractivity contribution in [2.75, 3.05) is 10.0 Å². The lowest BCUT2D eigenvalue weighted by atomic mass is 10.1. The summed E-state index contributed by atoms with van der Waals surface area (Å²) in [4.78, 5) is 12.0. The van der Waals surface area contributed by atoms with Crippen molar-refractivity contribution in [3.8, 4) is 0 Å². The molecule has 0 saturated heterocycles. The molecule has 7 heteroatoms. The second-order valence-electron chi connectivity index (χ2n) is 6.27. The molecule has 0 radical (unpaired) electrons. The Morgan fingerprint density at radius 3 is 2.32 bits per heavy atom. The van der Waals surface area contributed by atoms with Gasteiger partial charge in [-0.05, 0) is 79.6 Å². The minimum Gasteiger partial charge on any atom is -0.465 e. The summed E-state index contributed by atoms with van der Waals surface area (Å²) >= 11 is 0. The third-order valence-electron chi connectivity index (χ3n) is 4.13. The van der Waals surface area contributed by atoms with E-state index in [4.69, 9.17) is 4.42 Å². The molecular formula is C21H20N2O4S. The van der Waals surface area contributed by atoms with Gasteiger partial charge in [0.05, 0.1) is 11.2 Å². The molecule has 0 bridgehead atoms. The van der Waals surface area contributed by atoms with Crippen molar-refractivity contribution in [2.45, 2.75) is 18.7 Å². The van der Waals surface area contributed by atoms with Crippen LogP contribution in [-0.4, -0.2) is 14.3 Å². The zero-order valence-corrected chi connectivity index (χ0v) is 16.3.